The molecule has 3 heterocycles. The highest BCUT2D eigenvalue weighted by atomic mass is 16.5. The van der Waals surface area contributed by atoms with Crippen LogP contribution in [0, 0.1) is 0 Å². The lowest BCUT2D eigenvalue weighted by atomic mass is 10.2. The van der Waals surface area contributed by atoms with E-state index in [4.69, 9.17) is 10.5 Å². The number of para-hydroxylation sites is 2. The van der Waals surface area contributed by atoms with Gasteiger partial charge >= 0.3 is 6.01 Å². The molecule has 9 nitrogen and oxygen atoms in total. The lowest BCUT2D eigenvalue weighted by molar-refractivity contribution is 0.0995. The number of carbonyl (C=O) groups is 1. The Morgan fingerprint density at radius 2 is 2.00 bits per heavy atom. The van der Waals surface area contributed by atoms with Crippen LogP contribution in [0.1, 0.15) is 22.3 Å². The number of carbonyl (C=O) groups excluding carboxylic acids is 1. The van der Waals surface area contributed by atoms with Crippen LogP contribution in [-0.4, -0.2) is 33.1 Å². The van der Waals surface area contributed by atoms with E-state index in [-0.39, 0.29) is 5.69 Å². The van der Waals surface area contributed by atoms with Crippen LogP contribution in [0.15, 0.2) is 48.7 Å². The SMILES string of the molecule is COc1cccc(C2Nc3ccccc3N2c2cnc(O)nc2C(N)=O)n1. The maximum atomic E-state index is 11.9. The maximum absolute atomic E-state index is 11.9. The van der Waals surface area contributed by atoms with Crippen LogP contribution in [0.4, 0.5) is 17.1 Å². The summed E-state index contributed by atoms with van der Waals surface area (Å²) in [5.41, 5.74) is 8.04. The summed E-state index contributed by atoms with van der Waals surface area (Å²) in [7, 11) is 1.54. The second-order valence-corrected chi connectivity index (χ2v) is 5.81. The number of hydrogen-bond donors (Lipinski definition) is 3. The van der Waals surface area contributed by atoms with Crippen molar-refractivity contribution in [2.75, 3.05) is 17.3 Å². The van der Waals surface area contributed by atoms with Gasteiger partial charge < -0.3 is 25.8 Å². The Hall–Kier alpha value is -3.88. The van der Waals surface area contributed by atoms with Gasteiger partial charge in [0, 0.05) is 6.07 Å². The largest absolute Gasteiger partial charge is 0.481 e. The van der Waals surface area contributed by atoms with Crippen molar-refractivity contribution in [3.05, 3.63) is 60.0 Å². The van der Waals surface area contributed by atoms with E-state index in [0.29, 0.717) is 17.3 Å². The first kappa shape index (κ1) is 16.6. The monoisotopic (exact) mass is 364 g/mol. The van der Waals surface area contributed by atoms with E-state index in [9.17, 15) is 9.90 Å². The van der Waals surface area contributed by atoms with Gasteiger partial charge in [-0.15, -0.1) is 0 Å². The summed E-state index contributed by atoms with van der Waals surface area (Å²) < 4.78 is 5.22. The summed E-state index contributed by atoms with van der Waals surface area (Å²) in [6.45, 7) is 0. The van der Waals surface area contributed by atoms with Gasteiger partial charge in [0.1, 0.15) is 6.17 Å². The number of methoxy groups -OCH3 is 1. The lowest BCUT2D eigenvalue weighted by Gasteiger charge is -2.27. The molecule has 3 aromatic rings. The van der Waals surface area contributed by atoms with Gasteiger partial charge in [0.15, 0.2) is 5.69 Å². The Bertz CT molecular complexity index is 1030. The topological polar surface area (TPSA) is 126 Å². The molecule has 136 valence electrons. The minimum atomic E-state index is -0.774. The number of nitrogens with two attached hydrogens (primary N) is 1. The van der Waals surface area contributed by atoms with Crippen molar-refractivity contribution < 1.29 is 14.6 Å². The molecule has 1 aliphatic heterocycles. The van der Waals surface area contributed by atoms with Gasteiger partial charge in [0.05, 0.1) is 36.1 Å². The van der Waals surface area contributed by atoms with E-state index in [1.807, 2.05) is 41.3 Å². The number of pyridine rings is 1. The molecule has 4 rings (SSSR count). The average molecular weight is 364 g/mol. The zero-order valence-corrected chi connectivity index (χ0v) is 14.3. The molecule has 1 amide bonds. The van der Waals surface area contributed by atoms with Gasteiger partial charge in [-0.1, -0.05) is 18.2 Å². The van der Waals surface area contributed by atoms with E-state index in [1.54, 1.807) is 13.2 Å². The Balaban J connectivity index is 1.90. The second-order valence-electron chi connectivity index (χ2n) is 5.81. The van der Waals surface area contributed by atoms with Crippen molar-refractivity contribution >= 4 is 23.0 Å². The van der Waals surface area contributed by atoms with Crippen LogP contribution < -0.4 is 20.7 Å². The predicted octanol–water partition coefficient (Wildman–Crippen LogP) is 1.95. The Morgan fingerprint density at radius 1 is 1.19 bits per heavy atom. The third-order valence-electron chi connectivity index (χ3n) is 4.20. The number of primary amides is 1. The third-order valence-corrected chi connectivity index (χ3v) is 4.20. The van der Waals surface area contributed by atoms with Crippen LogP contribution in [-0.2, 0) is 0 Å². The molecule has 0 spiro atoms. The minimum absolute atomic E-state index is 0.0890. The summed E-state index contributed by atoms with van der Waals surface area (Å²) in [5.74, 6) is -0.313. The zero-order chi connectivity index (χ0) is 19.0. The number of ether oxygens (including phenoxy) is 1. The summed E-state index contributed by atoms with van der Waals surface area (Å²) in [5, 5.41) is 13.0. The van der Waals surface area contributed by atoms with Gasteiger partial charge in [-0.3, -0.25) is 4.79 Å². The normalized spacial score (nSPS) is 15.1. The van der Waals surface area contributed by atoms with Crippen molar-refractivity contribution in [3.63, 3.8) is 0 Å². The van der Waals surface area contributed by atoms with Crippen molar-refractivity contribution in [2.24, 2.45) is 5.73 Å². The van der Waals surface area contributed by atoms with Gasteiger partial charge in [-0.05, 0) is 18.2 Å². The van der Waals surface area contributed by atoms with Gasteiger partial charge in [0.2, 0.25) is 5.88 Å². The van der Waals surface area contributed by atoms with Crippen molar-refractivity contribution in [1.82, 2.24) is 15.0 Å². The first-order chi connectivity index (χ1) is 13.1. The quantitative estimate of drug-likeness (QED) is 0.641. The molecule has 9 heteroatoms. The summed E-state index contributed by atoms with van der Waals surface area (Å²) in [6.07, 6.45) is 0.906. The summed E-state index contributed by atoms with van der Waals surface area (Å²) >= 11 is 0. The number of hydrogen-bond acceptors (Lipinski definition) is 8. The van der Waals surface area contributed by atoms with Gasteiger partial charge in [-0.25, -0.2) is 9.97 Å². The highest BCUT2D eigenvalue weighted by Gasteiger charge is 2.35. The molecule has 1 aromatic carbocycles. The third kappa shape index (κ3) is 2.84. The Morgan fingerprint density at radius 3 is 2.78 bits per heavy atom. The number of aromatic hydroxyl groups is 1. The van der Waals surface area contributed by atoms with Crippen LogP contribution in [0.2, 0.25) is 0 Å². The van der Waals surface area contributed by atoms with E-state index in [0.717, 1.165) is 11.4 Å². The van der Waals surface area contributed by atoms with Gasteiger partial charge in [-0.2, -0.15) is 4.98 Å². The number of aromatic nitrogens is 3. The van der Waals surface area contributed by atoms with Crippen molar-refractivity contribution in [1.29, 1.82) is 0 Å². The molecule has 1 aliphatic rings. The van der Waals surface area contributed by atoms with E-state index >= 15 is 0 Å². The first-order valence-electron chi connectivity index (χ1n) is 8.10. The number of nitrogens with one attached hydrogen (secondary N) is 1. The van der Waals surface area contributed by atoms with E-state index in [2.05, 4.69) is 20.3 Å². The highest BCUT2D eigenvalue weighted by molar-refractivity contribution is 5.99. The Kier molecular flexibility index (Phi) is 3.96. The lowest BCUT2D eigenvalue weighted by Crippen LogP contribution is -2.28. The maximum Gasteiger partial charge on any atom is 0.314 e. The van der Waals surface area contributed by atoms with E-state index < -0.39 is 18.1 Å². The summed E-state index contributed by atoms with van der Waals surface area (Å²) in [4.78, 5) is 25.9. The Labute approximate surface area is 154 Å². The first-order valence-corrected chi connectivity index (χ1v) is 8.10. The number of fused-ring (bicyclic) bond motifs is 1. The molecule has 0 saturated carbocycles. The highest BCUT2D eigenvalue weighted by Crippen LogP contribution is 2.46. The number of benzene rings is 1. The molecule has 27 heavy (non-hydrogen) atoms. The number of anilines is 3. The van der Waals surface area contributed by atoms with Crippen LogP contribution in [0.5, 0.6) is 11.9 Å². The van der Waals surface area contributed by atoms with Crippen LogP contribution in [0.25, 0.3) is 0 Å². The van der Waals surface area contributed by atoms with Crippen molar-refractivity contribution in [3.8, 4) is 11.9 Å². The number of nitrogens with zero attached hydrogens (tertiary/aromatic N) is 4. The average Bonchev–Trinajstić information content (AvgIpc) is 3.07. The molecule has 0 saturated heterocycles. The molecule has 0 aliphatic carbocycles. The predicted molar refractivity (Wildman–Crippen MR) is 97.9 cm³/mol. The smallest absolute Gasteiger partial charge is 0.314 e. The standard InChI is InChI=1S/C18H16N6O3/c1-27-14-8-4-6-11(21-14)17-22-10-5-2-3-7-12(10)24(17)13-9-20-18(26)23-15(13)16(19)25/h2-9,17,22H,1H3,(H2,19,25)(H,20,23,26). The molecule has 1 atom stereocenters. The van der Waals surface area contributed by atoms with Gasteiger partial charge in [0.25, 0.3) is 5.91 Å². The molecule has 0 bridgehead atoms. The molecular weight excluding hydrogens is 348 g/mol. The molecule has 4 N–H and O–H groups in total. The number of rotatable bonds is 4. The molecule has 0 fully saturated rings. The minimum Gasteiger partial charge on any atom is -0.481 e. The fourth-order valence-corrected chi connectivity index (χ4v) is 3.05. The zero-order valence-electron chi connectivity index (χ0n) is 14.3. The molecule has 0 radical (unpaired) electrons. The van der Waals surface area contributed by atoms with Crippen molar-refractivity contribution in [2.45, 2.75) is 6.17 Å². The fraction of sp³-hybridized carbons (Fsp3) is 0.111. The molecule has 2 aromatic heterocycles. The van der Waals surface area contributed by atoms with Crippen LogP contribution in [0.3, 0.4) is 0 Å². The molecular formula is C18H16N6O3. The van der Waals surface area contributed by atoms with Crippen LogP contribution >= 0.6 is 0 Å². The second kappa shape index (κ2) is 6.45. The summed E-state index contributed by atoms with van der Waals surface area (Å²) in [6, 6.07) is 12.5. The van der Waals surface area contributed by atoms with E-state index in [1.165, 1.54) is 6.20 Å². The number of amides is 1. The molecule has 1 unspecified atom stereocenters. The fourth-order valence-electron chi connectivity index (χ4n) is 3.05.